The van der Waals surface area contributed by atoms with Gasteiger partial charge in [-0.3, -0.25) is 0 Å². The maximum Gasteiger partial charge on any atom is 0.169 e. The number of nitrogen functional groups attached to an aromatic ring is 1. The van der Waals surface area contributed by atoms with Gasteiger partial charge in [0.25, 0.3) is 0 Å². The second-order valence-corrected chi connectivity index (χ2v) is 3.69. The van der Waals surface area contributed by atoms with Crippen LogP contribution in [0.5, 0.6) is 5.75 Å². The molecule has 0 aliphatic heterocycles. The van der Waals surface area contributed by atoms with Crippen molar-refractivity contribution in [2.45, 2.75) is 0 Å². The van der Waals surface area contributed by atoms with E-state index < -0.39 is 0 Å². The van der Waals surface area contributed by atoms with Crippen LogP contribution in [0.25, 0.3) is 0 Å². The summed E-state index contributed by atoms with van der Waals surface area (Å²) >= 11 is 6.47. The Labute approximate surface area is 86.0 Å². The van der Waals surface area contributed by atoms with E-state index in [1.165, 1.54) is 0 Å². The lowest BCUT2D eigenvalue weighted by Crippen LogP contribution is -2.03. The normalized spacial score (nSPS) is 9.92. The van der Waals surface area contributed by atoms with E-state index in [9.17, 15) is 0 Å². The van der Waals surface area contributed by atoms with Gasteiger partial charge in [0.05, 0.1) is 5.69 Å². The van der Waals surface area contributed by atoms with Crippen molar-refractivity contribution in [3.8, 4) is 5.75 Å². The quantitative estimate of drug-likeness (QED) is 0.497. The Morgan fingerprint density at radius 1 is 1.17 bits per heavy atom. The summed E-state index contributed by atoms with van der Waals surface area (Å²) in [7, 11) is 0. The maximum absolute atomic E-state index is 5.63. The summed E-state index contributed by atoms with van der Waals surface area (Å²) in [5, 5.41) is 0. The van der Waals surface area contributed by atoms with Gasteiger partial charge < -0.3 is 10.6 Å². The monoisotopic (exact) mass is 296 g/mol. The number of hydrogen-bond donors (Lipinski definition) is 2. The molecule has 0 aliphatic rings. The zero-order valence-electron chi connectivity index (χ0n) is 5.88. The van der Waals surface area contributed by atoms with Crippen LogP contribution >= 0.6 is 31.9 Å². The fraction of sp³-hybridized carbons (Fsp3) is 0. The first-order chi connectivity index (χ1) is 5.65. The molecule has 0 unspecified atom stereocenters. The average molecular weight is 298 g/mol. The highest BCUT2D eigenvalue weighted by atomic mass is 79.9. The molecule has 0 fully saturated rings. The van der Waals surface area contributed by atoms with Gasteiger partial charge in [0.1, 0.15) is 0 Å². The fourth-order valence-corrected chi connectivity index (χ4v) is 1.81. The smallest absolute Gasteiger partial charge is 0.169 e. The van der Waals surface area contributed by atoms with E-state index in [0.717, 1.165) is 0 Å². The van der Waals surface area contributed by atoms with E-state index >= 15 is 0 Å². The van der Waals surface area contributed by atoms with Crippen molar-refractivity contribution in [1.82, 2.24) is 0 Å². The van der Waals surface area contributed by atoms with Crippen LogP contribution in [0.2, 0.25) is 0 Å². The Balaban J connectivity index is 3.04. The molecule has 4 N–H and O–H groups in total. The van der Waals surface area contributed by atoms with Crippen LogP contribution in [0.15, 0.2) is 21.1 Å². The van der Waals surface area contributed by atoms with Crippen molar-refractivity contribution < 1.29 is 9.88 Å². The lowest BCUT2D eigenvalue weighted by Gasteiger charge is -2.04. The van der Waals surface area contributed by atoms with Gasteiger partial charge in [0.2, 0.25) is 0 Å². The van der Waals surface area contributed by atoms with Crippen molar-refractivity contribution in [2.24, 2.45) is 5.90 Å². The lowest BCUT2D eigenvalue weighted by atomic mass is 10.3. The van der Waals surface area contributed by atoms with E-state index in [1.807, 2.05) is 0 Å². The van der Waals surface area contributed by atoms with Crippen LogP contribution in [0.1, 0.15) is 0 Å². The minimum atomic E-state index is 0.463. The Hall–Kier alpha value is -0.300. The Morgan fingerprint density at radius 2 is 1.67 bits per heavy atom. The van der Waals surface area contributed by atoms with Crippen LogP contribution in [0, 0.1) is 0 Å². The van der Waals surface area contributed by atoms with Crippen LogP contribution in [-0.2, 0) is 4.99 Å². The van der Waals surface area contributed by atoms with Crippen molar-refractivity contribution >= 4 is 37.5 Å². The number of benzene rings is 1. The Morgan fingerprint density at radius 3 is 2.08 bits per heavy atom. The molecule has 0 atom stereocenters. The number of halogens is 2. The summed E-state index contributed by atoms with van der Waals surface area (Å²) in [6, 6.07) is 3.29. The third-order valence-electron chi connectivity index (χ3n) is 1.20. The molecule has 66 valence electrons. The molecule has 0 saturated heterocycles. The zero-order valence-corrected chi connectivity index (χ0v) is 9.05. The highest BCUT2D eigenvalue weighted by Gasteiger charge is 2.04. The second kappa shape index (κ2) is 4.08. The summed E-state index contributed by atoms with van der Waals surface area (Å²) in [5.74, 6) is 5.18. The minimum absolute atomic E-state index is 0.463. The average Bonchev–Trinajstić information content (AvgIpc) is 2.01. The van der Waals surface area contributed by atoms with Gasteiger partial charge >= 0.3 is 0 Å². The van der Waals surface area contributed by atoms with Crippen molar-refractivity contribution in [3.05, 3.63) is 21.1 Å². The van der Waals surface area contributed by atoms with E-state index in [0.29, 0.717) is 20.4 Å². The number of hydrogen-bond acceptors (Lipinski definition) is 4. The second-order valence-electron chi connectivity index (χ2n) is 1.98. The van der Waals surface area contributed by atoms with E-state index in [2.05, 4.69) is 41.7 Å². The summed E-state index contributed by atoms with van der Waals surface area (Å²) < 4.78 is 1.42. The molecule has 0 aromatic heterocycles. The van der Waals surface area contributed by atoms with Crippen molar-refractivity contribution in [1.29, 1.82) is 0 Å². The molecule has 0 spiro atoms. The fourth-order valence-electron chi connectivity index (χ4n) is 0.665. The summed E-state index contributed by atoms with van der Waals surface area (Å²) in [4.78, 5) is 8.58. The summed E-state index contributed by atoms with van der Waals surface area (Å²) in [6.45, 7) is 0. The standard InChI is InChI=1S/C6H6Br2N2O2/c7-4-1-3(11-12-10)2-5(8)6(4)9/h1-2H,9-10H2. The lowest BCUT2D eigenvalue weighted by molar-refractivity contribution is -0.211. The molecule has 1 aromatic rings. The molecule has 0 heterocycles. The van der Waals surface area contributed by atoms with E-state index in [4.69, 9.17) is 11.6 Å². The molecular formula is C6H6Br2N2O2. The minimum Gasteiger partial charge on any atom is -0.397 e. The molecule has 0 saturated carbocycles. The van der Waals surface area contributed by atoms with Crippen LogP contribution in [-0.4, -0.2) is 0 Å². The largest absolute Gasteiger partial charge is 0.397 e. The molecule has 0 radical (unpaired) electrons. The van der Waals surface area contributed by atoms with Gasteiger partial charge in [-0.05, 0) is 31.9 Å². The molecule has 0 amide bonds. The van der Waals surface area contributed by atoms with Gasteiger partial charge in [-0.15, -0.1) is 0 Å². The van der Waals surface area contributed by atoms with Gasteiger partial charge in [0, 0.05) is 21.1 Å². The van der Waals surface area contributed by atoms with Gasteiger partial charge in [-0.25, -0.2) is 0 Å². The predicted octanol–water partition coefficient (Wildman–Crippen LogP) is 1.98. The maximum atomic E-state index is 5.63. The number of rotatable bonds is 2. The van der Waals surface area contributed by atoms with Crippen molar-refractivity contribution in [3.63, 3.8) is 0 Å². The van der Waals surface area contributed by atoms with E-state index in [1.54, 1.807) is 12.1 Å². The highest BCUT2D eigenvalue weighted by molar-refractivity contribution is 9.11. The third-order valence-corrected chi connectivity index (χ3v) is 2.51. The van der Waals surface area contributed by atoms with Crippen LogP contribution in [0.4, 0.5) is 5.69 Å². The molecule has 1 rings (SSSR count). The molecular weight excluding hydrogens is 292 g/mol. The number of anilines is 1. The molecule has 12 heavy (non-hydrogen) atoms. The first kappa shape index (κ1) is 9.79. The summed E-state index contributed by atoms with van der Waals surface area (Å²) in [5.41, 5.74) is 6.22. The summed E-state index contributed by atoms with van der Waals surface area (Å²) in [6.07, 6.45) is 0. The van der Waals surface area contributed by atoms with Crippen molar-refractivity contribution in [2.75, 3.05) is 5.73 Å². The zero-order chi connectivity index (χ0) is 9.14. The molecule has 4 nitrogen and oxygen atoms in total. The first-order valence-corrected chi connectivity index (χ1v) is 4.51. The van der Waals surface area contributed by atoms with Gasteiger partial charge in [0.15, 0.2) is 5.75 Å². The van der Waals surface area contributed by atoms with Gasteiger partial charge in [-0.2, -0.15) is 5.90 Å². The van der Waals surface area contributed by atoms with Gasteiger partial charge in [-0.1, -0.05) is 4.99 Å². The molecule has 6 heteroatoms. The third kappa shape index (κ3) is 2.10. The Kier molecular flexibility index (Phi) is 3.33. The van der Waals surface area contributed by atoms with Crippen LogP contribution in [0.3, 0.4) is 0 Å². The highest BCUT2D eigenvalue weighted by Crippen LogP contribution is 2.32. The first-order valence-electron chi connectivity index (χ1n) is 2.93. The Bertz CT molecular complexity index is 270. The molecule has 0 bridgehead atoms. The predicted molar refractivity (Wildman–Crippen MR) is 52.2 cm³/mol. The van der Waals surface area contributed by atoms with E-state index in [-0.39, 0.29) is 0 Å². The van der Waals surface area contributed by atoms with Crippen LogP contribution < -0.4 is 16.5 Å². The topological polar surface area (TPSA) is 70.5 Å². The molecule has 1 aromatic carbocycles. The molecule has 0 aliphatic carbocycles. The number of nitrogens with two attached hydrogens (primary N) is 2. The SMILES string of the molecule is NOOc1cc(Br)c(N)c(Br)c1.